The minimum atomic E-state index is 0.744. The summed E-state index contributed by atoms with van der Waals surface area (Å²) in [5, 5.41) is 0. The molecule has 0 aromatic rings. The molecule has 0 fully saturated rings. The van der Waals surface area contributed by atoms with Crippen molar-refractivity contribution in [3.63, 3.8) is 0 Å². The van der Waals surface area contributed by atoms with Gasteiger partial charge < -0.3 is 16.4 Å². The zero-order valence-corrected chi connectivity index (χ0v) is 15.8. The van der Waals surface area contributed by atoms with Crippen LogP contribution in [0.3, 0.4) is 0 Å². The van der Waals surface area contributed by atoms with Crippen molar-refractivity contribution in [1.29, 1.82) is 0 Å². The third-order valence-corrected chi connectivity index (χ3v) is 4.36. The molecule has 0 aliphatic carbocycles. The van der Waals surface area contributed by atoms with Crippen molar-refractivity contribution in [2.45, 2.75) is 84.0 Å². The van der Waals surface area contributed by atoms with E-state index in [1.807, 2.05) is 0 Å². The Morgan fingerprint density at radius 2 is 1.09 bits per heavy atom. The third-order valence-electron chi connectivity index (χ3n) is 4.36. The van der Waals surface area contributed by atoms with Gasteiger partial charge in [-0.15, -0.1) is 0 Å². The number of nitrogens with two attached hydrogens (primary N) is 2. The Kier molecular flexibility index (Phi) is 19.3. The van der Waals surface area contributed by atoms with Crippen molar-refractivity contribution in [3.05, 3.63) is 12.2 Å². The molecule has 23 heavy (non-hydrogen) atoms. The van der Waals surface area contributed by atoms with Crippen molar-refractivity contribution in [1.82, 2.24) is 4.90 Å². The van der Waals surface area contributed by atoms with Crippen LogP contribution in [-0.4, -0.2) is 37.6 Å². The Labute approximate surface area is 145 Å². The second kappa shape index (κ2) is 19.7. The highest BCUT2D eigenvalue weighted by Crippen LogP contribution is 2.11. The summed E-state index contributed by atoms with van der Waals surface area (Å²) in [7, 11) is 0. The van der Waals surface area contributed by atoms with Gasteiger partial charge in [0, 0.05) is 26.2 Å². The molecule has 0 atom stereocenters. The maximum Gasteiger partial charge on any atom is 0.0105 e. The van der Waals surface area contributed by atoms with Crippen LogP contribution in [0, 0.1) is 0 Å². The van der Waals surface area contributed by atoms with Crippen LogP contribution in [0.1, 0.15) is 84.0 Å². The molecule has 0 radical (unpaired) electrons. The molecule has 0 unspecified atom stereocenters. The Balaban J connectivity index is 3.21. The lowest BCUT2D eigenvalue weighted by atomic mass is 10.1. The molecule has 0 aliphatic rings. The van der Waals surface area contributed by atoms with Gasteiger partial charge in [-0.1, -0.05) is 70.4 Å². The van der Waals surface area contributed by atoms with Gasteiger partial charge in [-0.05, 0) is 32.2 Å². The Bertz CT molecular complexity index is 235. The fourth-order valence-corrected chi connectivity index (χ4v) is 2.94. The van der Waals surface area contributed by atoms with E-state index in [1.165, 1.54) is 83.6 Å². The maximum absolute atomic E-state index is 5.62. The molecule has 0 saturated carbocycles. The van der Waals surface area contributed by atoms with Crippen molar-refractivity contribution in [2.24, 2.45) is 11.5 Å². The van der Waals surface area contributed by atoms with E-state index in [0.29, 0.717) is 0 Å². The minimum Gasteiger partial charge on any atom is -0.329 e. The lowest BCUT2D eigenvalue weighted by Crippen LogP contribution is -2.34. The lowest BCUT2D eigenvalue weighted by molar-refractivity contribution is 0.281. The second-order valence-electron chi connectivity index (χ2n) is 6.65. The zero-order valence-electron chi connectivity index (χ0n) is 15.8. The fraction of sp³-hybridized carbons (Fsp3) is 0.900. The topological polar surface area (TPSA) is 55.3 Å². The fourth-order valence-electron chi connectivity index (χ4n) is 2.94. The van der Waals surface area contributed by atoms with Crippen LogP contribution in [0.2, 0.25) is 0 Å². The van der Waals surface area contributed by atoms with E-state index in [2.05, 4.69) is 24.0 Å². The van der Waals surface area contributed by atoms with Gasteiger partial charge in [0.15, 0.2) is 0 Å². The van der Waals surface area contributed by atoms with Crippen LogP contribution in [0.4, 0.5) is 0 Å². The first-order valence-corrected chi connectivity index (χ1v) is 10.1. The van der Waals surface area contributed by atoms with Crippen molar-refractivity contribution < 1.29 is 0 Å². The van der Waals surface area contributed by atoms with Gasteiger partial charge in [-0.2, -0.15) is 0 Å². The van der Waals surface area contributed by atoms with E-state index in [4.69, 9.17) is 11.5 Å². The number of allylic oxidation sites excluding steroid dienone is 2. The predicted octanol–water partition coefficient (Wildman–Crippen LogP) is 4.46. The standard InChI is InChI=1S/C20H43N3/c1-2-3-4-5-6-7-8-9-10-11-12-13-14-15-18-23(19-16-21)20-17-22/h4-5H,2-3,6-22H2,1H3/b5-4+. The van der Waals surface area contributed by atoms with E-state index in [1.54, 1.807) is 0 Å². The van der Waals surface area contributed by atoms with E-state index in [-0.39, 0.29) is 0 Å². The zero-order chi connectivity index (χ0) is 17.0. The van der Waals surface area contributed by atoms with Gasteiger partial charge in [-0.25, -0.2) is 0 Å². The highest BCUT2D eigenvalue weighted by molar-refractivity contribution is 4.80. The highest BCUT2D eigenvalue weighted by Gasteiger charge is 2.01. The molecular weight excluding hydrogens is 282 g/mol. The molecule has 0 aliphatic heterocycles. The first-order chi connectivity index (χ1) is 11.3. The smallest absolute Gasteiger partial charge is 0.0105 e. The molecule has 0 heterocycles. The summed E-state index contributed by atoms with van der Waals surface area (Å²) in [6.45, 7) is 6.87. The van der Waals surface area contributed by atoms with Crippen LogP contribution < -0.4 is 11.5 Å². The third kappa shape index (κ3) is 17.8. The number of rotatable bonds is 18. The van der Waals surface area contributed by atoms with Crippen molar-refractivity contribution in [3.8, 4) is 0 Å². The van der Waals surface area contributed by atoms with Gasteiger partial charge >= 0.3 is 0 Å². The first kappa shape index (κ1) is 22.6. The quantitative estimate of drug-likeness (QED) is 0.289. The Morgan fingerprint density at radius 3 is 1.61 bits per heavy atom. The predicted molar refractivity (Wildman–Crippen MR) is 105 cm³/mol. The normalized spacial score (nSPS) is 11.8. The van der Waals surface area contributed by atoms with Crippen LogP contribution >= 0.6 is 0 Å². The van der Waals surface area contributed by atoms with Gasteiger partial charge in [0.05, 0.1) is 0 Å². The van der Waals surface area contributed by atoms with Crippen LogP contribution in [-0.2, 0) is 0 Å². The highest BCUT2D eigenvalue weighted by atomic mass is 15.1. The average molecular weight is 326 g/mol. The second-order valence-corrected chi connectivity index (χ2v) is 6.65. The van der Waals surface area contributed by atoms with Crippen LogP contribution in [0.25, 0.3) is 0 Å². The molecule has 0 rings (SSSR count). The molecule has 0 aromatic heterocycles. The number of hydrogen-bond donors (Lipinski definition) is 2. The van der Waals surface area contributed by atoms with Crippen LogP contribution in [0.5, 0.6) is 0 Å². The number of hydrogen-bond acceptors (Lipinski definition) is 3. The minimum absolute atomic E-state index is 0.744. The summed E-state index contributed by atoms with van der Waals surface area (Å²) >= 11 is 0. The van der Waals surface area contributed by atoms with Crippen molar-refractivity contribution >= 4 is 0 Å². The Hall–Kier alpha value is -0.380. The largest absolute Gasteiger partial charge is 0.329 e. The molecule has 0 spiro atoms. The average Bonchev–Trinajstić information content (AvgIpc) is 2.55. The molecule has 0 aromatic carbocycles. The van der Waals surface area contributed by atoms with Gasteiger partial charge in [0.2, 0.25) is 0 Å². The molecule has 138 valence electrons. The summed E-state index contributed by atoms with van der Waals surface area (Å²) in [5.74, 6) is 0. The van der Waals surface area contributed by atoms with E-state index >= 15 is 0 Å². The molecule has 0 amide bonds. The summed E-state index contributed by atoms with van der Waals surface area (Å²) in [6, 6.07) is 0. The van der Waals surface area contributed by atoms with E-state index in [0.717, 1.165) is 26.2 Å². The summed E-state index contributed by atoms with van der Waals surface area (Å²) < 4.78 is 0. The Morgan fingerprint density at radius 1 is 0.609 bits per heavy atom. The van der Waals surface area contributed by atoms with Crippen molar-refractivity contribution in [2.75, 3.05) is 32.7 Å². The molecule has 3 nitrogen and oxygen atoms in total. The number of nitrogens with zero attached hydrogens (tertiary/aromatic N) is 1. The van der Waals surface area contributed by atoms with E-state index in [9.17, 15) is 0 Å². The van der Waals surface area contributed by atoms with Gasteiger partial charge in [0.25, 0.3) is 0 Å². The number of unbranched alkanes of at least 4 members (excludes halogenated alkanes) is 10. The molecular formula is C20H43N3. The SMILES string of the molecule is CCC/C=C/CCCCCCCCCCCN(CCN)CCN. The van der Waals surface area contributed by atoms with Gasteiger partial charge in [0.1, 0.15) is 0 Å². The first-order valence-electron chi connectivity index (χ1n) is 10.1. The molecule has 4 N–H and O–H groups in total. The molecule has 0 bridgehead atoms. The van der Waals surface area contributed by atoms with Gasteiger partial charge in [-0.3, -0.25) is 0 Å². The molecule has 0 saturated heterocycles. The lowest BCUT2D eigenvalue weighted by Gasteiger charge is -2.20. The van der Waals surface area contributed by atoms with Crippen LogP contribution in [0.15, 0.2) is 12.2 Å². The molecule has 3 heteroatoms. The monoisotopic (exact) mass is 325 g/mol. The summed E-state index contributed by atoms with van der Waals surface area (Å²) in [6.07, 6.45) is 21.0. The summed E-state index contributed by atoms with van der Waals surface area (Å²) in [4.78, 5) is 2.40. The van der Waals surface area contributed by atoms with E-state index < -0.39 is 0 Å². The summed E-state index contributed by atoms with van der Waals surface area (Å²) in [5.41, 5.74) is 11.2. The maximum atomic E-state index is 5.62.